The SMILES string of the molecule is COc1cc(/C=C/C(=O)O[C@H]2CO[C@H]3[C@@H]2OC[C@H]3OC(=O)/C=C/c2ccc(NC(=O)c3ccccc3C)c(OC)c2)ccc1NC(=O)c1ccccc1C. The van der Waals surface area contributed by atoms with Crippen molar-refractivity contribution in [3.63, 3.8) is 0 Å². The van der Waals surface area contributed by atoms with Crippen molar-refractivity contribution in [2.24, 2.45) is 0 Å². The Kier molecular flexibility index (Phi) is 11.9. The van der Waals surface area contributed by atoms with E-state index in [1.165, 1.54) is 26.4 Å². The molecule has 0 aliphatic carbocycles. The van der Waals surface area contributed by atoms with E-state index in [-0.39, 0.29) is 25.0 Å². The first kappa shape index (κ1) is 37.5. The monoisotopic (exact) mass is 732 g/mol. The number of anilines is 2. The molecular weight excluding hydrogens is 692 g/mol. The molecule has 0 radical (unpaired) electrons. The number of rotatable bonds is 12. The van der Waals surface area contributed by atoms with Crippen molar-refractivity contribution in [2.45, 2.75) is 38.3 Å². The fraction of sp³-hybridized carbons (Fsp3) is 0.238. The number of fused-ring (bicyclic) bond motifs is 1. The lowest BCUT2D eigenvalue weighted by molar-refractivity contribution is -0.149. The summed E-state index contributed by atoms with van der Waals surface area (Å²) in [7, 11) is 2.99. The smallest absolute Gasteiger partial charge is 0.331 e. The number of hydrogen-bond acceptors (Lipinski definition) is 10. The molecule has 4 aromatic rings. The molecule has 2 N–H and O–H groups in total. The highest BCUT2D eigenvalue weighted by Gasteiger charge is 2.51. The molecule has 278 valence electrons. The maximum Gasteiger partial charge on any atom is 0.331 e. The number of benzene rings is 4. The quantitative estimate of drug-likeness (QED) is 0.128. The molecule has 2 fully saturated rings. The first-order chi connectivity index (χ1) is 26.1. The van der Waals surface area contributed by atoms with Gasteiger partial charge in [-0.05, 0) is 84.7 Å². The highest BCUT2D eigenvalue weighted by atomic mass is 16.7. The molecule has 2 aliphatic rings. The number of carbonyl (C=O) groups excluding carboxylic acids is 4. The molecule has 12 heteroatoms. The lowest BCUT2D eigenvalue weighted by atomic mass is 10.1. The summed E-state index contributed by atoms with van der Waals surface area (Å²) in [5, 5.41) is 5.74. The highest BCUT2D eigenvalue weighted by molar-refractivity contribution is 6.07. The number of methoxy groups -OCH3 is 2. The second kappa shape index (κ2) is 17.1. The van der Waals surface area contributed by atoms with E-state index in [0.717, 1.165) is 11.1 Å². The Bertz CT molecular complexity index is 1960. The van der Waals surface area contributed by atoms with Crippen LogP contribution in [0.3, 0.4) is 0 Å². The number of esters is 2. The van der Waals surface area contributed by atoms with Crippen LogP contribution in [0.4, 0.5) is 11.4 Å². The van der Waals surface area contributed by atoms with Crippen molar-refractivity contribution >= 4 is 47.3 Å². The van der Waals surface area contributed by atoms with Gasteiger partial charge >= 0.3 is 11.9 Å². The van der Waals surface area contributed by atoms with Crippen molar-refractivity contribution in [2.75, 3.05) is 38.1 Å². The van der Waals surface area contributed by atoms with E-state index in [1.807, 2.05) is 38.1 Å². The lowest BCUT2D eigenvalue weighted by Crippen LogP contribution is -2.35. The van der Waals surface area contributed by atoms with Crippen LogP contribution in [-0.2, 0) is 28.5 Å². The molecule has 2 amide bonds. The molecule has 0 spiro atoms. The van der Waals surface area contributed by atoms with Crippen LogP contribution in [0.15, 0.2) is 97.1 Å². The van der Waals surface area contributed by atoms with Crippen molar-refractivity contribution in [3.05, 3.63) is 130 Å². The zero-order valence-corrected chi connectivity index (χ0v) is 30.2. The second-order valence-electron chi connectivity index (χ2n) is 12.7. The third kappa shape index (κ3) is 8.85. The number of aryl methyl sites for hydroxylation is 2. The predicted molar refractivity (Wildman–Crippen MR) is 202 cm³/mol. The summed E-state index contributed by atoms with van der Waals surface area (Å²) in [5.41, 5.74) is 5.08. The van der Waals surface area contributed by atoms with Crippen LogP contribution in [0.25, 0.3) is 12.2 Å². The number of nitrogens with one attached hydrogen (secondary N) is 2. The fourth-order valence-electron chi connectivity index (χ4n) is 6.20. The molecule has 6 rings (SSSR count). The predicted octanol–water partition coefficient (Wildman–Crippen LogP) is 6.17. The van der Waals surface area contributed by atoms with E-state index >= 15 is 0 Å². The molecule has 2 aliphatic heterocycles. The van der Waals surface area contributed by atoms with Gasteiger partial charge in [-0.1, -0.05) is 48.5 Å². The van der Waals surface area contributed by atoms with Gasteiger partial charge in [0.25, 0.3) is 11.8 Å². The van der Waals surface area contributed by atoms with Gasteiger partial charge in [0.05, 0.1) is 38.8 Å². The lowest BCUT2D eigenvalue weighted by Gasteiger charge is -2.16. The normalized spacial score (nSPS) is 19.0. The van der Waals surface area contributed by atoms with E-state index in [4.69, 9.17) is 28.4 Å². The van der Waals surface area contributed by atoms with Gasteiger partial charge in [-0.15, -0.1) is 0 Å². The molecule has 0 aromatic heterocycles. The fourth-order valence-corrected chi connectivity index (χ4v) is 6.20. The summed E-state index contributed by atoms with van der Waals surface area (Å²) in [4.78, 5) is 51.1. The largest absolute Gasteiger partial charge is 0.495 e. The Morgan fingerprint density at radius 1 is 0.611 bits per heavy atom. The third-order valence-electron chi connectivity index (χ3n) is 9.05. The van der Waals surface area contributed by atoms with E-state index in [9.17, 15) is 19.2 Å². The van der Waals surface area contributed by atoms with Crippen LogP contribution in [-0.4, -0.2) is 75.6 Å². The first-order valence-corrected chi connectivity index (χ1v) is 17.2. The molecule has 2 heterocycles. The molecule has 0 bridgehead atoms. The molecule has 54 heavy (non-hydrogen) atoms. The van der Waals surface area contributed by atoms with Gasteiger partial charge in [0.15, 0.2) is 12.2 Å². The van der Waals surface area contributed by atoms with Gasteiger partial charge in [-0.3, -0.25) is 9.59 Å². The maximum absolute atomic E-state index is 12.8. The standard InChI is InChI=1S/C42H40N2O10/c1-25-9-5-7-11-29(25)41(47)43-31-17-13-27(21-33(31)49-3)15-19-37(45)53-35-23-51-40-36(24-52-39(35)40)54-38(46)20-16-28-14-18-32(34(22-28)50-4)44-42(48)30-12-8-6-10-26(30)2/h5-22,35-36,39-40H,23-24H2,1-4H3,(H,43,47)(H,44,48)/b19-15+,20-16+/t35-,36+,39-,40-/m1/s1. The Morgan fingerprint density at radius 2 is 1.02 bits per heavy atom. The molecular formula is C42H40N2O10. The summed E-state index contributed by atoms with van der Waals surface area (Å²) in [5.74, 6) is -0.892. The van der Waals surface area contributed by atoms with Gasteiger partial charge in [-0.2, -0.15) is 0 Å². The van der Waals surface area contributed by atoms with Gasteiger partial charge in [0.2, 0.25) is 0 Å². The van der Waals surface area contributed by atoms with Crippen LogP contribution < -0.4 is 20.1 Å². The summed E-state index contributed by atoms with van der Waals surface area (Å²) in [6.45, 7) is 3.88. The summed E-state index contributed by atoms with van der Waals surface area (Å²) < 4.78 is 33.9. The zero-order chi connectivity index (χ0) is 38.2. The van der Waals surface area contributed by atoms with Crippen LogP contribution in [0.1, 0.15) is 43.0 Å². The number of carbonyl (C=O) groups is 4. The molecule has 4 aromatic carbocycles. The molecule has 2 saturated heterocycles. The van der Waals surface area contributed by atoms with Crippen molar-refractivity contribution in [1.82, 2.24) is 0 Å². The summed E-state index contributed by atoms with van der Waals surface area (Å²) >= 11 is 0. The molecule has 0 unspecified atom stereocenters. The second-order valence-corrected chi connectivity index (χ2v) is 12.7. The number of amides is 2. The van der Waals surface area contributed by atoms with E-state index in [1.54, 1.807) is 72.8 Å². The molecule has 0 saturated carbocycles. The summed E-state index contributed by atoms with van der Waals surface area (Å²) in [6, 6.07) is 24.8. The molecule has 12 nitrogen and oxygen atoms in total. The Labute approximate surface area is 312 Å². The van der Waals surface area contributed by atoms with Crippen molar-refractivity contribution in [1.29, 1.82) is 0 Å². The minimum absolute atomic E-state index is 0.0778. The third-order valence-corrected chi connectivity index (χ3v) is 9.05. The minimum Gasteiger partial charge on any atom is -0.495 e. The first-order valence-electron chi connectivity index (χ1n) is 17.2. The van der Waals surface area contributed by atoms with E-state index in [2.05, 4.69) is 10.6 Å². The number of hydrogen-bond donors (Lipinski definition) is 2. The summed E-state index contributed by atoms with van der Waals surface area (Å²) in [6.07, 6.45) is 3.10. The van der Waals surface area contributed by atoms with E-state index in [0.29, 0.717) is 45.1 Å². The Balaban J connectivity index is 0.990. The van der Waals surface area contributed by atoms with Gasteiger partial charge in [0, 0.05) is 23.3 Å². The maximum atomic E-state index is 12.8. The van der Waals surface area contributed by atoms with Crippen LogP contribution in [0, 0.1) is 13.8 Å². The topological polar surface area (TPSA) is 148 Å². The van der Waals surface area contributed by atoms with Crippen molar-refractivity contribution in [3.8, 4) is 11.5 Å². The van der Waals surface area contributed by atoms with Crippen molar-refractivity contribution < 1.29 is 47.6 Å². The highest BCUT2D eigenvalue weighted by Crippen LogP contribution is 2.32. The average Bonchev–Trinajstić information content (AvgIpc) is 3.76. The Morgan fingerprint density at radius 3 is 1.41 bits per heavy atom. The van der Waals surface area contributed by atoms with Gasteiger partial charge in [-0.25, -0.2) is 9.59 Å². The van der Waals surface area contributed by atoms with Gasteiger partial charge < -0.3 is 39.1 Å². The van der Waals surface area contributed by atoms with Crippen LogP contribution in [0.2, 0.25) is 0 Å². The number of ether oxygens (including phenoxy) is 6. The Hall–Kier alpha value is -6.24. The van der Waals surface area contributed by atoms with E-state index < -0.39 is 36.4 Å². The van der Waals surface area contributed by atoms with Gasteiger partial charge in [0.1, 0.15) is 23.7 Å². The van der Waals surface area contributed by atoms with Crippen LogP contribution in [0.5, 0.6) is 11.5 Å². The van der Waals surface area contributed by atoms with Crippen LogP contribution >= 0.6 is 0 Å². The minimum atomic E-state index is -0.697. The molecule has 4 atom stereocenters. The zero-order valence-electron chi connectivity index (χ0n) is 30.2. The average molecular weight is 733 g/mol.